The maximum absolute atomic E-state index is 12.6. The molecule has 2 aromatic rings. The lowest BCUT2D eigenvalue weighted by atomic mass is 9.98. The first-order valence-electron chi connectivity index (χ1n) is 7.98. The average Bonchev–Trinajstić information content (AvgIpc) is 3.23. The highest BCUT2D eigenvalue weighted by Gasteiger charge is 2.28. The van der Waals surface area contributed by atoms with Crippen LogP contribution in [-0.4, -0.2) is 49.8 Å². The Balaban J connectivity index is 1.68. The minimum Gasteiger partial charge on any atom is -0.368 e. The van der Waals surface area contributed by atoms with Crippen molar-refractivity contribution in [1.29, 1.82) is 0 Å². The number of thiazole rings is 1. The number of amides is 2. The van der Waals surface area contributed by atoms with Crippen molar-refractivity contribution in [1.82, 2.24) is 24.9 Å². The van der Waals surface area contributed by atoms with Gasteiger partial charge in [0.15, 0.2) is 5.69 Å². The van der Waals surface area contributed by atoms with E-state index in [9.17, 15) is 9.59 Å². The molecule has 0 spiro atoms. The molecule has 2 N–H and O–H groups in total. The first kappa shape index (κ1) is 16.6. The van der Waals surface area contributed by atoms with Gasteiger partial charge in [-0.3, -0.25) is 9.59 Å². The predicted octanol–water partition coefficient (Wildman–Crippen LogP) is 0.802. The molecule has 8 nitrogen and oxygen atoms in total. The van der Waals surface area contributed by atoms with Gasteiger partial charge in [-0.25, -0.2) is 9.67 Å². The molecule has 0 saturated carbocycles. The largest absolute Gasteiger partial charge is 0.368 e. The van der Waals surface area contributed by atoms with E-state index in [4.69, 9.17) is 5.73 Å². The first-order valence-corrected chi connectivity index (χ1v) is 8.86. The number of nitrogens with two attached hydrogens (primary N) is 1. The van der Waals surface area contributed by atoms with E-state index in [1.807, 2.05) is 0 Å². The molecule has 1 atom stereocenters. The van der Waals surface area contributed by atoms with Crippen molar-refractivity contribution >= 4 is 23.2 Å². The second-order valence-electron chi connectivity index (χ2n) is 5.89. The summed E-state index contributed by atoms with van der Waals surface area (Å²) in [7, 11) is 0. The number of piperidine rings is 1. The van der Waals surface area contributed by atoms with Crippen LogP contribution in [0, 0.1) is 0 Å². The molecule has 3 heterocycles. The number of carbonyl (C=O) groups excluding carboxylic acids is 2. The maximum atomic E-state index is 12.6. The summed E-state index contributed by atoms with van der Waals surface area (Å²) in [6.07, 6.45) is 4.37. The van der Waals surface area contributed by atoms with Crippen molar-refractivity contribution in [3.8, 4) is 0 Å². The minimum absolute atomic E-state index is 0.0815. The maximum Gasteiger partial charge on any atom is 0.276 e. The third-order valence-corrected chi connectivity index (χ3v) is 5.12. The lowest BCUT2D eigenvalue weighted by Gasteiger charge is -2.31. The second kappa shape index (κ2) is 7.08. The number of aryl methyl sites for hydroxylation is 1. The van der Waals surface area contributed by atoms with Crippen molar-refractivity contribution in [3.05, 3.63) is 28.0 Å². The zero-order valence-corrected chi connectivity index (χ0v) is 14.3. The summed E-state index contributed by atoms with van der Waals surface area (Å²) in [5.74, 6) is -0.413. The standard InChI is InChI=1S/C15H20N6O2S/c1-2-11-9-24-14(17-11)10-4-3-5-20(6-10)15(23)12-7-21(19-18-12)8-13(16)22/h7,9-10H,2-6,8H2,1H3,(H2,16,22). The molecule has 1 saturated heterocycles. The van der Waals surface area contributed by atoms with Gasteiger partial charge in [-0.05, 0) is 19.3 Å². The number of likely N-dealkylation sites (tertiary alicyclic amines) is 1. The lowest BCUT2D eigenvalue weighted by Crippen LogP contribution is -2.39. The molecular weight excluding hydrogens is 328 g/mol. The lowest BCUT2D eigenvalue weighted by molar-refractivity contribution is -0.118. The van der Waals surface area contributed by atoms with Crippen LogP contribution in [0.1, 0.15) is 46.9 Å². The quantitative estimate of drug-likeness (QED) is 0.860. The highest BCUT2D eigenvalue weighted by atomic mass is 32.1. The van der Waals surface area contributed by atoms with Crippen LogP contribution in [0.3, 0.4) is 0 Å². The molecule has 1 aliphatic rings. The number of aromatic nitrogens is 4. The van der Waals surface area contributed by atoms with E-state index in [0.29, 0.717) is 13.1 Å². The van der Waals surface area contributed by atoms with E-state index in [1.54, 1.807) is 16.2 Å². The summed E-state index contributed by atoms with van der Waals surface area (Å²) in [5.41, 5.74) is 6.47. The van der Waals surface area contributed by atoms with Gasteiger partial charge in [0.05, 0.1) is 16.9 Å². The zero-order chi connectivity index (χ0) is 17.1. The predicted molar refractivity (Wildman–Crippen MR) is 88.6 cm³/mol. The monoisotopic (exact) mass is 348 g/mol. The molecular formula is C15H20N6O2S. The molecule has 24 heavy (non-hydrogen) atoms. The molecule has 0 aromatic carbocycles. The number of rotatable bonds is 5. The summed E-state index contributed by atoms with van der Waals surface area (Å²) in [6, 6.07) is 0. The van der Waals surface area contributed by atoms with Crippen LogP contribution < -0.4 is 5.73 Å². The van der Waals surface area contributed by atoms with Crippen molar-refractivity contribution in [2.24, 2.45) is 5.73 Å². The second-order valence-corrected chi connectivity index (χ2v) is 6.78. The Morgan fingerprint density at radius 2 is 2.29 bits per heavy atom. The van der Waals surface area contributed by atoms with Gasteiger partial charge in [-0.1, -0.05) is 12.1 Å². The molecule has 1 fully saturated rings. The normalized spacial score (nSPS) is 17.9. The van der Waals surface area contributed by atoms with Gasteiger partial charge in [0.2, 0.25) is 5.91 Å². The molecule has 0 bridgehead atoms. The first-order chi connectivity index (χ1) is 11.6. The molecule has 0 radical (unpaired) electrons. The molecule has 3 rings (SSSR count). The van der Waals surface area contributed by atoms with Crippen molar-refractivity contribution < 1.29 is 9.59 Å². The highest BCUT2D eigenvalue weighted by molar-refractivity contribution is 7.09. The molecule has 0 aliphatic carbocycles. The van der Waals surface area contributed by atoms with E-state index in [0.717, 1.165) is 30.0 Å². The van der Waals surface area contributed by atoms with E-state index in [-0.39, 0.29) is 24.1 Å². The van der Waals surface area contributed by atoms with E-state index in [2.05, 4.69) is 27.6 Å². The van der Waals surface area contributed by atoms with Crippen molar-refractivity contribution in [2.45, 2.75) is 38.6 Å². The fourth-order valence-electron chi connectivity index (χ4n) is 2.83. The Morgan fingerprint density at radius 3 is 3.00 bits per heavy atom. The van der Waals surface area contributed by atoms with Gasteiger partial charge < -0.3 is 10.6 Å². The van der Waals surface area contributed by atoms with Crippen LogP contribution in [0.2, 0.25) is 0 Å². The molecule has 9 heteroatoms. The summed E-state index contributed by atoms with van der Waals surface area (Å²) in [5, 5.41) is 10.8. The van der Waals surface area contributed by atoms with Gasteiger partial charge >= 0.3 is 0 Å². The number of hydrogen-bond acceptors (Lipinski definition) is 6. The summed E-state index contributed by atoms with van der Waals surface area (Å²) < 4.78 is 1.28. The summed E-state index contributed by atoms with van der Waals surface area (Å²) >= 11 is 1.67. The van der Waals surface area contributed by atoms with Gasteiger partial charge in [0, 0.05) is 24.4 Å². The number of hydrogen-bond donors (Lipinski definition) is 1. The van der Waals surface area contributed by atoms with Crippen LogP contribution in [0.4, 0.5) is 0 Å². The van der Waals surface area contributed by atoms with E-state index < -0.39 is 5.91 Å². The van der Waals surface area contributed by atoms with Crippen molar-refractivity contribution in [3.63, 3.8) is 0 Å². The molecule has 128 valence electrons. The van der Waals surface area contributed by atoms with Gasteiger partial charge in [0.1, 0.15) is 6.54 Å². The van der Waals surface area contributed by atoms with Crippen LogP contribution in [-0.2, 0) is 17.8 Å². The molecule has 2 aromatic heterocycles. The molecule has 1 unspecified atom stereocenters. The van der Waals surface area contributed by atoms with Gasteiger partial charge in [-0.15, -0.1) is 16.4 Å². The Kier molecular flexibility index (Phi) is 4.89. The topological polar surface area (TPSA) is 107 Å². The fraction of sp³-hybridized carbons (Fsp3) is 0.533. The smallest absolute Gasteiger partial charge is 0.276 e. The number of carbonyl (C=O) groups is 2. The van der Waals surface area contributed by atoms with Crippen LogP contribution in [0.5, 0.6) is 0 Å². The Labute approximate surface area is 143 Å². The Morgan fingerprint density at radius 1 is 1.46 bits per heavy atom. The van der Waals surface area contributed by atoms with Crippen molar-refractivity contribution in [2.75, 3.05) is 13.1 Å². The average molecular weight is 348 g/mol. The SMILES string of the molecule is CCc1csc(C2CCCN(C(=O)c3cn(CC(N)=O)nn3)C2)n1. The zero-order valence-electron chi connectivity index (χ0n) is 13.5. The third-order valence-electron chi connectivity index (χ3n) is 4.07. The van der Waals surface area contributed by atoms with Crippen LogP contribution in [0.25, 0.3) is 0 Å². The summed E-state index contributed by atoms with van der Waals surface area (Å²) in [4.78, 5) is 30.0. The summed E-state index contributed by atoms with van der Waals surface area (Å²) in [6.45, 7) is 3.34. The number of primary amides is 1. The minimum atomic E-state index is -0.521. The highest BCUT2D eigenvalue weighted by Crippen LogP contribution is 2.29. The Bertz CT molecular complexity index is 740. The van der Waals surface area contributed by atoms with Gasteiger partial charge in [0.25, 0.3) is 5.91 Å². The Hall–Kier alpha value is -2.29. The number of nitrogens with zero attached hydrogens (tertiary/aromatic N) is 5. The van der Waals surface area contributed by atoms with E-state index in [1.165, 1.54) is 10.9 Å². The van der Waals surface area contributed by atoms with Crippen LogP contribution >= 0.6 is 11.3 Å². The molecule has 2 amide bonds. The van der Waals surface area contributed by atoms with E-state index >= 15 is 0 Å². The van der Waals surface area contributed by atoms with Crippen LogP contribution in [0.15, 0.2) is 11.6 Å². The fourth-order valence-corrected chi connectivity index (χ4v) is 3.86. The molecule has 1 aliphatic heterocycles. The van der Waals surface area contributed by atoms with Gasteiger partial charge in [-0.2, -0.15) is 0 Å². The third kappa shape index (κ3) is 3.61.